The van der Waals surface area contributed by atoms with Gasteiger partial charge >= 0.3 is 12.0 Å². The van der Waals surface area contributed by atoms with Crippen LogP contribution in [0, 0.1) is 5.92 Å². The Balaban J connectivity index is 2.51. The molecule has 1 aliphatic heterocycles. The number of unbranched alkanes of at least 4 members (excludes halogenated alkanes) is 2. The lowest BCUT2D eigenvalue weighted by Gasteiger charge is -2.31. The van der Waals surface area contributed by atoms with Crippen LogP contribution in [0.1, 0.15) is 52.9 Å². The molecule has 1 rings (SSSR count). The molecule has 0 bridgehead atoms. The summed E-state index contributed by atoms with van der Waals surface area (Å²) in [6.45, 7) is 8.29. The Morgan fingerprint density at radius 3 is 2.60 bits per heavy atom. The summed E-state index contributed by atoms with van der Waals surface area (Å²) in [4.78, 5) is 27.0. The van der Waals surface area contributed by atoms with E-state index >= 15 is 0 Å². The number of likely N-dealkylation sites (tertiary alicyclic amines) is 1. The van der Waals surface area contributed by atoms with E-state index in [1.165, 1.54) is 0 Å². The minimum absolute atomic E-state index is 0.0731. The van der Waals surface area contributed by atoms with Gasteiger partial charge in [-0.15, -0.1) is 0 Å². The molecule has 2 amide bonds. The average molecular weight is 284 g/mol. The van der Waals surface area contributed by atoms with Gasteiger partial charge in [-0.25, -0.2) is 4.79 Å². The molecule has 1 unspecified atom stereocenters. The van der Waals surface area contributed by atoms with Crippen LogP contribution >= 0.6 is 0 Å². The van der Waals surface area contributed by atoms with E-state index in [-0.39, 0.29) is 24.4 Å². The Labute approximate surface area is 121 Å². The first kappa shape index (κ1) is 16.8. The number of rotatable bonds is 7. The lowest BCUT2D eigenvalue weighted by molar-refractivity contribution is -0.138. The lowest BCUT2D eigenvalue weighted by Crippen LogP contribution is -2.46. The van der Waals surface area contributed by atoms with Gasteiger partial charge in [0.15, 0.2) is 0 Å². The van der Waals surface area contributed by atoms with Crippen molar-refractivity contribution in [1.29, 1.82) is 0 Å². The average Bonchev–Trinajstić information content (AvgIpc) is 2.81. The number of carbonyl (C=O) groups excluding carboxylic acids is 1. The first-order valence-corrected chi connectivity index (χ1v) is 7.73. The highest BCUT2D eigenvalue weighted by Crippen LogP contribution is 2.21. The van der Waals surface area contributed by atoms with Crippen LogP contribution in [-0.2, 0) is 4.79 Å². The van der Waals surface area contributed by atoms with E-state index in [4.69, 9.17) is 5.11 Å². The Morgan fingerprint density at radius 1 is 1.35 bits per heavy atom. The predicted molar refractivity (Wildman–Crippen MR) is 78.7 cm³/mol. The van der Waals surface area contributed by atoms with E-state index < -0.39 is 5.97 Å². The molecule has 5 heteroatoms. The first-order valence-electron chi connectivity index (χ1n) is 7.73. The molecule has 1 heterocycles. The zero-order valence-corrected chi connectivity index (χ0v) is 13.0. The first-order chi connectivity index (χ1) is 9.45. The fourth-order valence-electron chi connectivity index (χ4n) is 2.71. The molecule has 1 saturated heterocycles. The van der Waals surface area contributed by atoms with Crippen LogP contribution in [0.25, 0.3) is 0 Å². The van der Waals surface area contributed by atoms with Crippen molar-refractivity contribution in [3.63, 3.8) is 0 Å². The number of aliphatic carboxylic acids is 1. The van der Waals surface area contributed by atoms with Gasteiger partial charge in [-0.3, -0.25) is 4.79 Å². The number of hydrogen-bond acceptors (Lipinski definition) is 2. The summed E-state index contributed by atoms with van der Waals surface area (Å²) in [7, 11) is 0. The van der Waals surface area contributed by atoms with Crippen LogP contribution in [0.5, 0.6) is 0 Å². The van der Waals surface area contributed by atoms with Gasteiger partial charge in [-0.05, 0) is 32.6 Å². The van der Waals surface area contributed by atoms with Crippen molar-refractivity contribution in [2.75, 3.05) is 19.6 Å². The molecule has 0 saturated carbocycles. The SMILES string of the molecule is CCCCCN(C(=O)N1CCC(CC(=O)O)C1)C(C)C. The predicted octanol–water partition coefficient (Wildman–Crippen LogP) is 2.80. The van der Waals surface area contributed by atoms with Gasteiger partial charge in [0, 0.05) is 32.1 Å². The van der Waals surface area contributed by atoms with Gasteiger partial charge in [0.2, 0.25) is 0 Å². The second-order valence-corrected chi connectivity index (χ2v) is 5.98. The van der Waals surface area contributed by atoms with Crippen molar-refractivity contribution in [3.05, 3.63) is 0 Å². The zero-order valence-electron chi connectivity index (χ0n) is 13.0. The van der Waals surface area contributed by atoms with Crippen LogP contribution in [0.2, 0.25) is 0 Å². The number of urea groups is 1. The highest BCUT2D eigenvalue weighted by Gasteiger charge is 2.31. The lowest BCUT2D eigenvalue weighted by atomic mass is 10.1. The van der Waals surface area contributed by atoms with Crippen LogP contribution in [0.3, 0.4) is 0 Å². The van der Waals surface area contributed by atoms with Gasteiger partial charge in [0.1, 0.15) is 0 Å². The fourth-order valence-corrected chi connectivity index (χ4v) is 2.71. The van der Waals surface area contributed by atoms with Crippen LogP contribution in [0.4, 0.5) is 4.79 Å². The van der Waals surface area contributed by atoms with Crippen molar-refractivity contribution in [2.45, 2.75) is 58.9 Å². The van der Waals surface area contributed by atoms with Gasteiger partial charge in [0.05, 0.1) is 0 Å². The van der Waals surface area contributed by atoms with E-state index in [1.807, 2.05) is 23.6 Å². The standard InChI is InChI=1S/C15H28N2O3/c1-4-5-6-8-17(12(2)3)15(20)16-9-7-13(11-16)10-14(18)19/h12-13H,4-11H2,1-3H3,(H,18,19). The molecule has 5 nitrogen and oxygen atoms in total. The summed E-state index contributed by atoms with van der Waals surface area (Å²) in [5.74, 6) is -0.658. The van der Waals surface area contributed by atoms with E-state index in [0.29, 0.717) is 13.1 Å². The Kier molecular flexibility index (Phi) is 6.82. The largest absolute Gasteiger partial charge is 0.481 e. The van der Waals surface area contributed by atoms with E-state index in [9.17, 15) is 9.59 Å². The minimum atomic E-state index is -0.770. The van der Waals surface area contributed by atoms with E-state index in [2.05, 4.69) is 6.92 Å². The molecule has 0 aromatic carbocycles. The van der Waals surface area contributed by atoms with Crippen molar-refractivity contribution >= 4 is 12.0 Å². The molecule has 0 radical (unpaired) electrons. The molecule has 0 aromatic rings. The third-order valence-electron chi connectivity index (χ3n) is 3.89. The van der Waals surface area contributed by atoms with Crippen LogP contribution in [-0.4, -0.2) is 52.6 Å². The normalized spacial score (nSPS) is 18.6. The molecular formula is C15H28N2O3. The molecular weight excluding hydrogens is 256 g/mol. The molecule has 0 spiro atoms. The van der Waals surface area contributed by atoms with Gasteiger partial charge in [-0.2, -0.15) is 0 Å². The van der Waals surface area contributed by atoms with Crippen molar-refractivity contribution < 1.29 is 14.7 Å². The van der Waals surface area contributed by atoms with Crippen molar-refractivity contribution in [3.8, 4) is 0 Å². The van der Waals surface area contributed by atoms with Gasteiger partial charge in [0.25, 0.3) is 0 Å². The molecule has 1 N–H and O–H groups in total. The highest BCUT2D eigenvalue weighted by atomic mass is 16.4. The maximum absolute atomic E-state index is 12.5. The smallest absolute Gasteiger partial charge is 0.320 e. The summed E-state index contributed by atoms with van der Waals surface area (Å²) in [5.41, 5.74) is 0. The zero-order chi connectivity index (χ0) is 15.1. The van der Waals surface area contributed by atoms with Crippen molar-refractivity contribution in [2.24, 2.45) is 5.92 Å². The fraction of sp³-hybridized carbons (Fsp3) is 0.867. The van der Waals surface area contributed by atoms with Gasteiger partial charge in [-0.1, -0.05) is 19.8 Å². The number of carboxylic acid groups (broad SMARTS) is 1. The molecule has 116 valence electrons. The molecule has 1 fully saturated rings. The van der Waals surface area contributed by atoms with E-state index in [1.54, 1.807) is 0 Å². The van der Waals surface area contributed by atoms with Crippen LogP contribution < -0.4 is 0 Å². The van der Waals surface area contributed by atoms with Crippen molar-refractivity contribution in [1.82, 2.24) is 9.80 Å². The third-order valence-corrected chi connectivity index (χ3v) is 3.89. The number of carbonyl (C=O) groups is 2. The Morgan fingerprint density at radius 2 is 2.05 bits per heavy atom. The second kappa shape index (κ2) is 8.12. The quantitative estimate of drug-likeness (QED) is 0.731. The van der Waals surface area contributed by atoms with Crippen LogP contribution in [0.15, 0.2) is 0 Å². The Bertz CT molecular complexity index is 331. The molecule has 0 aliphatic carbocycles. The molecule has 0 aromatic heterocycles. The molecule has 1 aliphatic rings. The summed E-state index contributed by atoms with van der Waals surface area (Å²) in [6.07, 6.45) is 4.29. The molecule has 1 atom stereocenters. The highest BCUT2D eigenvalue weighted by molar-refractivity contribution is 5.75. The summed E-state index contributed by atoms with van der Waals surface area (Å²) < 4.78 is 0. The monoisotopic (exact) mass is 284 g/mol. The Hall–Kier alpha value is -1.26. The van der Waals surface area contributed by atoms with Gasteiger partial charge < -0.3 is 14.9 Å². The number of carboxylic acids is 1. The minimum Gasteiger partial charge on any atom is -0.481 e. The number of nitrogens with zero attached hydrogens (tertiary/aromatic N) is 2. The second-order valence-electron chi connectivity index (χ2n) is 5.98. The summed E-state index contributed by atoms with van der Waals surface area (Å²) in [5, 5.41) is 8.83. The summed E-state index contributed by atoms with van der Waals surface area (Å²) >= 11 is 0. The topological polar surface area (TPSA) is 60.9 Å². The third kappa shape index (κ3) is 5.02. The molecule has 20 heavy (non-hydrogen) atoms. The number of amides is 2. The maximum Gasteiger partial charge on any atom is 0.320 e. The van der Waals surface area contributed by atoms with E-state index in [0.717, 1.165) is 32.2 Å². The number of hydrogen-bond donors (Lipinski definition) is 1. The summed E-state index contributed by atoms with van der Waals surface area (Å²) in [6, 6.07) is 0.266. The maximum atomic E-state index is 12.5.